The van der Waals surface area contributed by atoms with Gasteiger partial charge in [-0.25, -0.2) is 4.79 Å². The number of nitrogens with one attached hydrogen (secondary N) is 1. The van der Waals surface area contributed by atoms with Crippen molar-refractivity contribution in [1.82, 2.24) is 0 Å². The molecular weight excluding hydrogens is 276 g/mol. The van der Waals surface area contributed by atoms with Gasteiger partial charge in [-0.05, 0) is 44.5 Å². The minimum absolute atomic E-state index is 0.190. The van der Waals surface area contributed by atoms with Crippen molar-refractivity contribution < 1.29 is 19.2 Å². The van der Waals surface area contributed by atoms with Crippen LogP contribution in [-0.2, 0) is 11.2 Å². The molecule has 1 N–H and O–H groups in total. The lowest BCUT2D eigenvalue weighted by molar-refractivity contribution is -0.479. The molecule has 7 heteroatoms. The van der Waals surface area contributed by atoms with Crippen molar-refractivity contribution in [3.8, 4) is 5.75 Å². The van der Waals surface area contributed by atoms with E-state index in [-0.39, 0.29) is 13.0 Å². The van der Waals surface area contributed by atoms with E-state index >= 15 is 0 Å². The van der Waals surface area contributed by atoms with Gasteiger partial charge in [-0.15, -0.1) is 0 Å². The Bertz CT molecular complexity index is 523. The van der Waals surface area contributed by atoms with Crippen molar-refractivity contribution in [2.24, 2.45) is 0 Å². The SMILES string of the molecule is COc1ccc(NC(=O)OC(C)(C)C)c(CC[N+](=O)[O-])c1. The number of nitrogens with zero attached hydrogens (tertiary/aromatic N) is 1. The van der Waals surface area contributed by atoms with Gasteiger partial charge in [0.05, 0.1) is 7.11 Å². The maximum atomic E-state index is 11.8. The Morgan fingerprint density at radius 2 is 2.05 bits per heavy atom. The number of carbonyl (C=O) groups is 1. The highest BCUT2D eigenvalue weighted by Gasteiger charge is 2.17. The van der Waals surface area contributed by atoms with Crippen molar-refractivity contribution in [1.29, 1.82) is 0 Å². The number of nitro groups is 1. The molecule has 0 aliphatic carbocycles. The van der Waals surface area contributed by atoms with Gasteiger partial charge in [0.2, 0.25) is 6.54 Å². The molecule has 1 amide bonds. The number of hydrogen-bond donors (Lipinski definition) is 1. The fraction of sp³-hybridized carbons (Fsp3) is 0.500. The van der Waals surface area contributed by atoms with Crippen LogP contribution < -0.4 is 10.1 Å². The molecule has 0 spiro atoms. The smallest absolute Gasteiger partial charge is 0.412 e. The molecule has 1 rings (SSSR count). The Hall–Kier alpha value is -2.31. The average molecular weight is 296 g/mol. The molecule has 21 heavy (non-hydrogen) atoms. The number of benzene rings is 1. The Balaban J connectivity index is 2.89. The summed E-state index contributed by atoms with van der Waals surface area (Å²) >= 11 is 0. The second-order valence-corrected chi connectivity index (χ2v) is 5.46. The molecule has 0 fully saturated rings. The normalized spacial score (nSPS) is 10.9. The summed E-state index contributed by atoms with van der Waals surface area (Å²) in [5, 5.41) is 13.1. The van der Waals surface area contributed by atoms with Crippen LogP contribution in [0.1, 0.15) is 26.3 Å². The lowest BCUT2D eigenvalue weighted by Gasteiger charge is -2.20. The summed E-state index contributed by atoms with van der Waals surface area (Å²) in [4.78, 5) is 21.9. The minimum Gasteiger partial charge on any atom is -0.497 e. The fourth-order valence-corrected chi connectivity index (χ4v) is 1.65. The third-order valence-electron chi connectivity index (χ3n) is 2.51. The second kappa shape index (κ2) is 6.92. The van der Waals surface area contributed by atoms with Gasteiger partial charge in [-0.3, -0.25) is 15.4 Å². The van der Waals surface area contributed by atoms with Crippen LogP contribution in [0.4, 0.5) is 10.5 Å². The third kappa shape index (κ3) is 6.11. The Morgan fingerprint density at radius 1 is 1.38 bits per heavy atom. The van der Waals surface area contributed by atoms with Gasteiger partial charge in [-0.2, -0.15) is 0 Å². The van der Waals surface area contributed by atoms with Crippen LogP contribution in [0.2, 0.25) is 0 Å². The standard InChI is InChI=1S/C14H20N2O5/c1-14(2,3)21-13(17)15-12-6-5-11(20-4)9-10(12)7-8-16(18)19/h5-6,9H,7-8H2,1-4H3,(H,15,17). The molecule has 0 aliphatic heterocycles. The predicted octanol–water partition coefficient (Wildman–Crippen LogP) is 2.86. The van der Waals surface area contributed by atoms with Crippen molar-refractivity contribution >= 4 is 11.8 Å². The highest BCUT2D eigenvalue weighted by molar-refractivity contribution is 5.86. The Labute approximate surface area is 123 Å². The molecule has 0 aromatic heterocycles. The molecule has 0 heterocycles. The summed E-state index contributed by atoms with van der Waals surface area (Å²) in [6, 6.07) is 4.97. The molecule has 7 nitrogen and oxygen atoms in total. The van der Waals surface area contributed by atoms with Crippen LogP contribution in [0, 0.1) is 10.1 Å². The van der Waals surface area contributed by atoms with Gasteiger partial charge in [0, 0.05) is 17.0 Å². The van der Waals surface area contributed by atoms with E-state index in [9.17, 15) is 14.9 Å². The van der Waals surface area contributed by atoms with Crippen LogP contribution in [0.25, 0.3) is 0 Å². The van der Waals surface area contributed by atoms with Crippen LogP contribution in [0.3, 0.4) is 0 Å². The first kappa shape index (κ1) is 16.7. The maximum Gasteiger partial charge on any atom is 0.412 e. The van der Waals surface area contributed by atoms with Crippen molar-refractivity contribution in [2.75, 3.05) is 19.0 Å². The number of ether oxygens (including phenoxy) is 2. The van der Waals surface area contributed by atoms with E-state index in [4.69, 9.17) is 9.47 Å². The molecule has 0 saturated heterocycles. The molecule has 1 aromatic carbocycles. The van der Waals surface area contributed by atoms with Gasteiger partial charge in [-0.1, -0.05) is 0 Å². The van der Waals surface area contributed by atoms with E-state index in [1.165, 1.54) is 7.11 Å². The first-order chi connectivity index (χ1) is 9.71. The molecular formula is C14H20N2O5. The molecule has 116 valence electrons. The predicted molar refractivity (Wildman–Crippen MR) is 78.4 cm³/mol. The largest absolute Gasteiger partial charge is 0.497 e. The molecule has 0 unspecified atom stereocenters. The first-order valence-corrected chi connectivity index (χ1v) is 6.50. The topological polar surface area (TPSA) is 90.7 Å². The Morgan fingerprint density at radius 3 is 2.57 bits per heavy atom. The highest BCUT2D eigenvalue weighted by Crippen LogP contribution is 2.23. The first-order valence-electron chi connectivity index (χ1n) is 6.50. The number of anilines is 1. The lowest BCUT2D eigenvalue weighted by Crippen LogP contribution is -2.27. The quantitative estimate of drug-likeness (QED) is 0.666. The zero-order chi connectivity index (χ0) is 16.0. The van der Waals surface area contributed by atoms with E-state index in [0.29, 0.717) is 17.0 Å². The second-order valence-electron chi connectivity index (χ2n) is 5.46. The van der Waals surface area contributed by atoms with Gasteiger partial charge in [0.1, 0.15) is 11.4 Å². The summed E-state index contributed by atoms with van der Waals surface area (Å²) in [5.74, 6) is 0.572. The van der Waals surface area contributed by atoms with Gasteiger partial charge in [0.25, 0.3) is 0 Å². The molecule has 1 aromatic rings. The maximum absolute atomic E-state index is 11.8. The molecule has 0 atom stereocenters. The Kier molecular flexibility index (Phi) is 5.52. The number of carbonyl (C=O) groups excluding carboxylic acids is 1. The summed E-state index contributed by atoms with van der Waals surface area (Å²) in [6.07, 6.45) is -0.412. The van der Waals surface area contributed by atoms with Gasteiger partial charge < -0.3 is 9.47 Å². The summed E-state index contributed by atoms with van der Waals surface area (Å²) < 4.78 is 10.3. The van der Waals surface area contributed by atoms with Crippen molar-refractivity contribution in [3.05, 3.63) is 33.9 Å². The van der Waals surface area contributed by atoms with Crippen LogP contribution in [-0.4, -0.2) is 30.3 Å². The van der Waals surface area contributed by atoms with E-state index in [0.717, 1.165) is 0 Å². The van der Waals surface area contributed by atoms with E-state index in [1.54, 1.807) is 39.0 Å². The van der Waals surface area contributed by atoms with Crippen molar-refractivity contribution in [3.63, 3.8) is 0 Å². The van der Waals surface area contributed by atoms with E-state index < -0.39 is 16.6 Å². The summed E-state index contributed by atoms with van der Waals surface area (Å²) in [7, 11) is 1.51. The summed E-state index contributed by atoms with van der Waals surface area (Å²) in [6.45, 7) is 5.05. The monoisotopic (exact) mass is 296 g/mol. The molecule has 0 radical (unpaired) electrons. The molecule has 0 aliphatic rings. The fourth-order valence-electron chi connectivity index (χ4n) is 1.65. The van der Waals surface area contributed by atoms with Gasteiger partial charge in [0.15, 0.2) is 0 Å². The van der Waals surface area contributed by atoms with Crippen LogP contribution in [0.15, 0.2) is 18.2 Å². The number of hydrogen-bond acceptors (Lipinski definition) is 5. The minimum atomic E-state index is -0.614. The zero-order valence-electron chi connectivity index (χ0n) is 12.6. The highest BCUT2D eigenvalue weighted by atomic mass is 16.6. The number of amides is 1. The van der Waals surface area contributed by atoms with Crippen LogP contribution >= 0.6 is 0 Å². The third-order valence-corrected chi connectivity index (χ3v) is 2.51. The lowest BCUT2D eigenvalue weighted by atomic mass is 10.1. The summed E-state index contributed by atoms with van der Waals surface area (Å²) in [5.41, 5.74) is 0.487. The van der Waals surface area contributed by atoms with E-state index in [2.05, 4.69) is 5.32 Å². The van der Waals surface area contributed by atoms with Gasteiger partial charge >= 0.3 is 6.09 Å². The van der Waals surface area contributed by atoms with Crippen molar-refractivity contribution in [2.45, 2.75) is 32.8 Å². The number of rotatable bonds is 5. The van der Waals surface area contributed by atoms with Crippen LogP contribution in [0.5, 0.6) is 5.75 Å². The average Bonchev–Trinajstić information content (AvgIpc) is 2.35. The molecule has 0 bridgehead atoms. The number of methoxy groups -OCH3 is 1. The molecule has 0 saturated carbocycles. The van der Waals surface area contributed by atoms with E-state index in [1.807, 2.05) is 0 Å². The zero-order valence-corrected chi connectivity index (χ0v) is 12.6.